The van der Waals surface area contributed by atoms with Crippen LogP contribution in [0, 0.1) is 5.82 Å². The highest BCUT2D eigenvalue weighted by Crippen LogP contribution is 2.21. The predicted molar refractivity (Wildman–Crippen MR) is 85.5 cm³/mol. The lowest BCUT2D eigenvalue weighted by Crippen LogP contribution is -2.28. The fourth-order valence-corrected chi connectivity index (χ4v) is 2.34. The molecule has 1 atom stereocenters. The van der Waals surface area contributed by atoms with Gasteiger partial charge in [-0.3, -0.25) is 4.79 Å². The van der Waals surface area contributed by atoms with Gasteiger partial charge in [0.05, 0.1) is 11.6 Å². The second kappa shape index (κ2) is 6.72. The molecule has 0 saturated heterocycles. The smallest absolute Gasteiger partial charge is 0.253 e. The number of rotatable bonds is 4. The van der Waals surface area contributed by atoms with Crippen LogP contribution in [0.1, 0.15) is 35.3 Å². The standard InChI is InChI=1S/C16H16BrFN2O/c1-2-15(10-3-5-11(17)6-4-10)20-16(21)13-9-12(18)7-8-14(13)19/h3-9,15H,2,19H2,1H3,(H,20,21). The Morgan fingerprint density at radius 1 is 1.29 bits per heavy atom. The molecule has 0 aliphatic carbocycles. The van der Waals surface area contributed by atoms with Gasteiger partial charge in [0.15, 0.2) is 0 Å². The third kappa shape index (κ3) is 3.82. The summed E-state index contributed by atoms with van der Waals surface area (Å²) >= 11 is 3.38. The molecule has 0 aromatic heterocycles. The van der Waals surface area contributed by atoms with E-state index in [-0.39, 0.29) is 23.2 Å². The predicted octanol–water partition coefficient (Wildman–Crippen LogP) is 4.05. The van der Waals surface area contributed by atoms with Crippen LogP contribution in [0.2, 0.25) is 0 Å². The van der Waals surface area contributed by atoms with E-state index in [0.717, 1.165) is 22.5 Å². The highest BCUT2D eigenvalue weighted by atomic mass is 79.9. The highest BCUT2D eigenvalue weighted by Gasteiger charge is 2.16. The van der Waals surface area contributed by atoms with Crippen molar-refractivity contribution in [2.45, 2.75) is 19.4 Å². The molecule has 1 unspecified atom stereocenters. The molecule has 0 saturated carbocycles. The molecule has 3 N–H and O–H groups in total. The largest absolute Gasteiger partial charge is 0.398 e. The maximum absolute atomic E-state index is 13.3. The van der Waals surface area contributed by atoms with Gasteiger partial charge in [-0.1, -0.05) is 35.0 Å². The van der Waals surface area contributed by atoms with E-state index in [0.29, 0.717) is 0 Å². The first-order valence-electron chi connectivity index (χ1n) is 6.62. The van der Waals surface area contributed by atoms with Gasteiger partial charge in [0, 0.05) is 10.2 Å². The Labute approximate surface area is 131 Å². The van der Waals surface area contributed by atoms with Crippen molar-refractivity contribution in [2.24, 2.45) is 0 Å². The van der Waals surface area contributed by atoms with Crippen LogP contribution in [0.15, 0.2) is 46.9 Å². The third-order valence-corrected chi connectivity index (χ3v) is 3.77. The van der Waals surface area contributed by atoms with E-state index in [4.69, 9.17) is 5.73 Å². The summed E-state index contributed by atoms with van der Waals surface area (Å²) in [5.41, 5.74) is 7.14. The minimum Gasteiger partial charge on any atom is -0.398 e. The second-order valence-corrected chi connectivity index (χ2v) is 5.63. The Bertz CT molecular complexity index is 643. The number of amides is 1. The molecule has 0 spiro atoms. The molecule has 21 heavy (non-hydrogen) atoms. The summed E-state index contributed by atoms with van der Waals surface area (Å²) in [4.78, 5) is 12.3. The molecule has 110 valence electrons. The van der Waals surface area contributed by atoms with Crippen LogP contribution in [0.3, 0.4) is 0 Å². The van der Waals surface area contributed by atoms with Crippen molar-refractivity contribution in [3.8, 4) is 0 Å². The maximum Gasteiger partial charge on any atom is 0.253 e. The van der Waals surface area contributed by atoms with Crippen LogP contribution in [0.4, 0.5) is 10.1 Å². The summed E-state index contributed by atoms with van der Waals surface area (Å²) < 4.78 is 14.2. The topological polar surface area (TPSA) is 55.1 Å². The molecule has 0 heterocycles. The van der Waals surface area contributed by atoms with Crippen molar-refractivity contribution in [2.75, 3.05) is 5.73 Å². The Morgan fingerprint density at radius 3 is 2.57 bits per heavy atom. The van der Waals surface area contributed by atoms with Crippen LogP contribution in [-0.2, 0) is 0 Å². The lowest BCUT2D eigenvalue weighted by atomic mass is 10.0. The highest BCUT2D eigenvalue weighted by molar-refractivity contribution is 9.10. The average molecular weight is 351 g/mol. The van der Waals surface area contributed by atoms with E-state index in [1.54, 1.807) is 0 Å². The van der Waals surface area contributed by atoms with Gasteiger partial charge in [0.25, 0.3) is 5.91 Å². The number of nitrogens with two attached hydrogens (primary N) is 1. The second-order valence-electron chi connectivity index (χ2n) is 4.72. The van der Waals surface area contributed by atoms with Crippen LogP contribution in [0.5, 0.6) is 0 Å². The number of halogens is 2. The van der Waals surface area contributed by atoms with Crippen molar-refractivity contribution < 1.29 is 9.18 Å². The van der Waals surface area contributed by atoms with Crippen molar-refractivity contribution >= 4 is 27.5 Å². The number of hydrogen-bond donors (Lipinski definition) is 2. The molecule has 0 aliphatic rings. The average Bonchev–Trinajstić information content (AvgIpc) is 2.48. The zero-order chi connectivity index (χ0) is 15.4. The van der Waals surface area contributed by atoms with E-state index in [1.807, 2.05) is 31.2 Å². The van der Waals surface area contributed by atoms with Crippen LogP contribution < -0.4 is 11.1 Å². The van der Waals surface area contributed by atoms with Gasteiger partial charge in [-0.05, 0) is 42.3 Å². The number of carbonyl (C=O) groups excluding carboxylic acids is 1. The van der Waals surface area contributed by atoms with Gasteiger partial charge in [-0.25, -0.2) is 4.39 Å². The number of nitrogens with one attached hydrogen (secondary N) is 1. The zero-order valence-electron chi connectivity index (χ0n) is 11.6. The molecule has 2 aromatic carbocycles. The van der Waals surface area contributed by atoms with Crippen molar-refractivity contribution in [1.82, 2.24) is 5.32 Å². The normalized spacial score (nSPS) is 12.0. The fraction of sp³-hybridized carbons (Fsp3) is 0.188. The molecule has 2 aromatic rings. The lowest BCUT2D eigenvalue weighted by molar-refractivity contribution is 0.0936. The molecule has 5 heteroatoms. The van der Waals surface area contributed by atoms with Crippen molar-refractivity contribution in [3.63, 3.8) is 0 Å². The van der Waals surface area contributed by atoms with Gasteiger partial charge >= 0.3 is 0 Å². The molecular weight excluding hydrogens is 335 g/mol. The van der Waals surface area contributed by atoms with E-state index in [9.17, 15) is 9.18 Å². The number of carbonyl (C=O) groups is 1. The first-order valence-corrected chi connectivity index (χ1v) is 7.42. The molecule has 2 rings (SSSR count). The summed E-state index contributed by atoms with van der Waals surface area (Å²) in [5, 5.41) is 2.89. The SMILES string of the molecule is CCC(NC(=O)c1cc(F)ccc1N)c1ccc(Br)cc1. The fourth-order valence-electron chi connectivity index (χ4n) is 2.08. The zero-order valence-corrected chi connectivity index (χ0v) is 13.2. The molecule has 3 nitrogen and oxygen atoms in total. The van der Waals surface area contributed by atoms with Crippen molar-refractivity contribution in [3.05, 3.63) is 63.9 Å². The summed E-state index contributed by atoms with van der Waals surface area (Å²) in [6, 6.07) is 11.3. The van der Waals surface area contributed by atoms with Gasteiger partial charge in [-0.15, -0.1) is 0 Å². The Hall–Kier alpha value is -1.88. The Morgan fingerprint density at radius 2 is 1.95 bits per heavy atom. The summed E-state index contributed by atoms with van der Waals surface area (Å²) in [5.74, 6) is -0.854. The Kier molecular flexibility index (Phi) is 4.96. The first kappa shape index (κ1) is 15.5. The van der Waals surface area contributed by atoms with Gasteiger partial charge in [0.2, 0.25) is 0 Å². The monoisotopic (exact) mass is 350 g/mol. The molecule has 1 amide bonds. The van der Waals surface area contributed by atoms with Gasteiger partial charge in [0.1, 0.15) is 5.82 Å². The first-order chi connectivity index (χ1) is 10.0. The molecule has 0 radical (unpaired) electrons. The molecule has 0 fully saturated rings. The van der Waals surface area contributed by atoms with Gasteiger partial charge < -0.3 is 11.1 Å². The minimum absolute atomic E-state index is 0.145. The summed E-state index contributed by atoms with van der Waals surface area (Å²) in [6.07, 6.45) is 0.725. The molecule has 0 bridgehead atoms. The Balaban J connectivity index is 2.20. The van der Waals surface area contributed by atoms with Crippen LogP contribution in [0.25, 0.3) is 0 Å². The summed E-state index contributed by atoms with van der Waals surface area (Å²) in [6.45, 7) is 1.97. The number of benzene rings is 2. The van der Waals surface area contributed by atoms with E-state index in [2.05, 4.69) is 21.2 Å². The number of hydrogen-bond acceptors (Lipinski definition) is 2. The van der Waals surface area contributed by atoms with Crippen LogP contribution >= 0.6 is 15.9 Å². The van der Waals surface area contributed by atoms with Crippen LogP contribution in [-0.4, -0.2) is 5.91 Å². The van der Waals surface area contributed by atoms with E-state index in [1.165, 1.54) is 12.1 Å². The van der Waals surface area contributed by atoms with E-state index >= 15 is 0 Å². The lowest BCUT2D eigenvalue weighted by Gasteiger charge is -2.18. The third-order valence-electron chi connectivity index (χ3n) is 3.25. The number of anilines is 1. The maximum atomic E-state index is 13.3. The quantitative estimate of drug-likeness (QED) is 0.817. The van der Waals surface area contributed by atoms with Crippen molar-refractivity contribution in [1.29, 1.82) is 0 Å². The molecule has 0 aliphatic heterocycles. The number of nitrogen functional groups attached to an aromatic ring is 1. The van der Waals surface area contributed by atoms with Gasteiger partial charge in [-0.2, -0.15) is 0 Å². The minimum atomic E-state index is -0.481. The van der Waals surface area contributed by atoms with E-state index < -0.39 is 5.82 Å². The summed E-state index contributed by atoms with van der Waals surface area (Å²) in [7, 11) is 0. The molecular formula is C16H16BrFN2O.